The number of fused-ring (bicyclic) bond motifs is 1. The lowest BCUT2D eigenvalue weighted by Crippen LogP contribution is -2.41. The van der Waals surface area contributed by atoms with Crippen LogP contribution in [-0.2, 0) is 22.7 Å². The number of nitrogens with zero attached hydrogens (tertiary/aromatic N) is 2. The van der Waals surface area contributed by atoms with Gasteiger partial charge in [0.15, 0.2) is 0 Å². The van der Waals surface area contributed by atoms with Gasteiger partial charge in [0.25, 0.3) is 5.91 Å². The van der Waals surface area contributed by atoms with Crippen molar-refractivity contribution in [2.45, 2.75) is 63.7 Å². The Morgan fingerprint density at radius 3 is 2.78 bits per heavy atom. The Hall–Kier alpha value is -2.64. The highest BCUT2D eigenvalue weighted by Crippen LogP contribution is 2.33. The summed E-state index contributed by atoms with van der Waals surface area (Å²) in [7, 11) is 1.53. The van der Waals surface area contributed by atoms with Crippen molar-refractivity contribution in [3.05, 3.63) is 22.9 Å². The molecule has 1 saturated carbocycles. The number of carbonyl (C=O) groups excluding carboxylic acids is 3. The molecule has 8 heteroatoms. The first-order chi connectivity index (χ1) is 13.1. The van der Waals surface area contributed by atoms with Crippen LogP contribution in [0.1, 0.15) is 60.1 Å². The van der Waals surface area contributed by atoms with Gasteiger partial charge in [-0.3, -0.25) is 14.4 Å². The Morgan fingerprint density at radius 2 is 2.11 bits per heavy atom. The first-order valence-corrected chi connectivity index (χ1v) is 9.51. The highest BCUT2D eigenvalue weighted by molar-refractivity contribution is 5.98. The number of amides is 3. The van der Waals surface area contributed by atoms with Crippen molar-refractivity contribution in [2.75, 3.05) is 7.11 Å². The lowest BCUT2D eigenvalue weighted by atomic mass is 10.1. The number of nitrogens with one attached hydrogen (secondary N) is 2. The molecule has 3 heterocycles. The Kier molecular flexibility index (Phi) is 4.72. The third-order valence-corrected chi connectivity index (χ3v) is 5.68. The molecule has 0 spiro atoms. The summed E-state index contributed by atoms with van der Waals surface area (Å²) in [5.74, 6) is 0.0973. The molecule has 4 rings (SSSR count). The molecule has 1 saturated heterocycles. The summed E-state index contributed by atoms with van der Waals surface area (Å²) in [5.41, 5.74) is 2.00. The van der Waals surface area contributed by atoms with Gasteiger partial charge in [0, 0.05) is 24.6 Å². The molecule has 27 heavy (non-hydrogen) atoms. The summed E-state index contributed by atoms with van der Waals surface area (Å²) in [4.78, 5) is 42.8. The van der Waals surface area contributed by atoms with Crippen LogP contribution in [0.25, 0.3) is 0 Å². The average Bonchev–Trinajstić information content (AvgIpc) is 3.40. The maximum atomic E-state index is 12.8. The molecular formula is C19H24N4O4. The second kappa shape index (κ2) is 7.17. The number of ether oxygens (including phenoxy) is 1. The van der Waals surface area contributed by atoms with Crippen molar-refractivity contribution >= 4 is 17.7 Å². The number of methoxy groups -OCH3 is 1. The summed E-state index contributed by atoms with van der Waals surface area (Å²) >= 11 is 0. The summed E-state index contributed by atoms with van der Waals surface area (Å²) < 4.78 is 5.38. The van der Waals surface area contributed by atoms with Crippen molar-refractivity contribution in [3.8, 4) is 5.88 Å². The Morgan fingerprint density at radius 1 is 1.33 bits per heavy atom. The Labute approximate surface area is 157 Å². The minimum absolute atomic E-state index is 0.0164. The van der Waals surface area contributed by atoms with Crippen LogP contribution < -0.4 is 15.4 Å². The molecule has 1 aliphatic carbocycles. The largest absolute Gasteiger partial charge is 0.481 e. The van der Waals surface area contributed by atoms with Gasteiger partial charge >= 0.3 is 0 Å². The van der Waals surface area contributed by atoms with Gasteiger partial charge in [-0.2, -0.15) is 0 Å². The molecule has 1 atom stereocenters. The van der Waals surface area contributed by atoms with Gasteiger partial charge in [0.1, 0.15) is 6.04 Å². The molecule has 2 aliphatic heterocycles. The predicted molar refractivity (Wildman–Crippen MR) is 95.9 cm³/mol. The molecule has 1 aromatic heterocycles. The molecule has 0 aromatic carbocycles. The minimum Gasteiger partial charge on any atom is -0.481 e. The number of aromatic nitrogens is 1. The van der Waals surface area contributed by atoms with E-state index >= 15 is 0 Å². The van der Waals surface area contributed by atoms with Crippen molar-refractivity contribution < 1.29 is 19.1 Å². The minimum atomic E-state index is -0.495. The molecule has 0 unspecified atom stereocenters. The topological polar surface area (TPSA) is 101 Å². The summed E-state index contributed by atoms with van der Waals surface area (Å²) in [6.07, 6.45) is 5.29. The molecule has 2 N–H and O–H groups in total. The fourth-order valence-corrected chi connectivity index (χ4v) is 4.20. The van der Waals surface area contributed by atoms with Gasteiger partial charge in [-0.25, -0.2) is 4.98 Å². The normalized spacial score (nSPS) is 22.1. The van der Waals surface area contributed by atoms with E-state index in [1.165, 1.54) is 7.11 Å². The van der Waals surface area contributed by atoms with Crippen LogP contribution in [0.3, 0.4) is 0 Å². The van der Waals surface area contributed by atoms with Gasteiger partial charge < -0.3 is 20.3 Å². The predicted octanol–water partition coefficient (Wildman–Crippen LogP) is 0.883. The molecular weight excluding hydrogens is 348 g/mol. The first kappa shape index (κ1) is 17.8. The van der Waals surface area contributed by atoms with Crippen LogP contribution in [0.4, 0.5) is 0 Å². The van der Waals surface area contributed by atoms with E-state index in [4.69, 9.17) is 4.74 Å². The Bertz CT molecular complexity index is 788. The van der Waals surface area contributed by atoms with Gasteiger partial charge in [-0.15, -0.1) is 0 Å². The third-order valence-electron chi connectivity index (χ3n) is 5.68. The quantitative estimate of drug-likeness (QED) is 0.799. The molecule has 0 radical (unpaired) electrons. The number of hydrogen-bond acceptors (Lipinski definition) is 5. The van der Waals surface area contributed by atoms with Gasteiger partial charge in [-0.1, -0.05) is 12.8 Å². The zero-order chi connectivity index (χ0) is 19.0. The number of hydrogen-bond donors (Lipinski definition) is 2. The second-order valence-corrected chi connectivity index (χ2v) is 7.40. The van der Waals surface area contributed by atoms with Crippen molar-refractivity contribution in [1.29, 1.82) is 0 Å². The van der Waals surface area contributed by atoms with E-state index in [1.807, 2.05) is 4.90 Å². The van der Waals surface area contributed by atoms with Crippen molar-refractivity contribution in [3.63, 3.8) is 0 Å². The fraction of sp³-hybridized carbons (Fsp3) is 0.579. The van der Waals surface area contributed by atoms with E-state index in [1.54, 1.807) is 6.07 Å². The zero-order valence-electron chi connectivity index (χ0n) is 15.4. The molecule has 8 nitrogen and oxygen atoms in total. The third kappa shape index (κ3) is 3.36. The van der Waals surface area contributed by atoms with Crippen molar-refractivity contribution in [2.24, 2.45) is 0 Å². The monoisotopic (exact) mass is 372 g/mol. The van der Waals surface area contributed by atoms with E-state index < -0.39 is 6.04 Å². The first-order valence-electron chi connectivity index (χ1n) is 9.51. The smallest absolute Gasteiger partial charge is 0.256 e. The zero-order valence-corrected chi connectivity index (χ0v) is 15.4. The highest BCUT2D eigenvalue weighted by Gasteiger charge is 2.36. The number of carbonyl (C=O) groups is 3. The molecule has 2 fully saturated rings. The van der Waals surface area contributed by atoms with Gasteiger partial charge in [0.2, 0.25) is 17.7 Å². The SMILES string of the molecule is COc1nc2c(cc1CNC(=O)[C@@H]1CCC(=O)N1)C(=O)N(C1CCCC1)C2. The summed E-state index contributed by atoms with van der Waals surface area (Å²) in [6, 6.07) is 1.59. The maximum Gasteiger partial charge on any atom is 0.256 e. The van der Waals surface area contributed by atoms with Crippen LogP contribution >= 0.6 is 0 Å². The lowest BCUT2D eigenvalue weighted by molar-refractivity contribution is -0.125. The number of pyridine rings is 1. The summed E-state index contributed by atoms with van der Waals surface area (Å²) in [6.45, 7) is 0.724. The standard InChI is InChI=1S/C19H24N4O4/c1-27-18-11(9-20-17(25)14-6-7-16(24)21-14)8-13-15(22-18)10-23(19(13)26)12-4-2-3-5-12/h8,12,14H,2-7,9-10H2,1H3,(H,20,25)(H,21,24)/t14-/m0/s1. The lowest BCUT2D eigenvalue weighted by Gasteiger charge is -2.22. The fourth-order valence-electron chi connectivity index (χ4n) is 4.20. The molecule has 144 valence electrons. The van der Waals surface area contributed by atoms with E-state index in [2.05, 4.69) is 15.6 Å². The van der Waals surface area contributed by atoms with Crippen LogP contribution in [0, 0.1) is 0 Å². The van der Waals surface area contributed by atoms with Crippen LogP contribution in [0.2, 0.25) is 0 Å². The van der Waals surface area contributed by atoms with Gasteiger partial charge in [0.05, 0.1) is 24.9 Å². The molecule has 0 bridgehead atoms. The second-order valence-electron chi connectivity index (χ2n) is 7.40. The van der Waals surface area contributed by atoms with Crippen LogP contribution in [-0.4, -0.2) is 46.8 Å². The summed E-state index contributed by atoms with van der Waals surface area (Å²) in [5, 5.41) is 5.46. The number of rotatable bonds is 5. The van der Waals surface area contributed by atoms with E-state index in [0.29, 0.717) is 42.4 Å². The van der Waals surface area contributed by atoms with Crippen LogP contribution in [0.5, 0.6) is 5.88 Å². The van der Waals surface area contributed by atoms with Crippen LogP contribution in [0.15, 0.2) is 6.07 Å². The molecule has 1 aromatic rings. The van der Waals surface area contributed by atoms with E-state index in [0.717, 1.165) is 31.4 Å². The van der Waals surface area contributed by atoms with Crippen molar-refractivity contribution in [1.82, 2.24) is 20.5 Å². The van der Waals surface area contributed by atoms with Gasteiger partial charge in [-0.05, 0) is 25.3 Å². The maximum absolute atomic E-state index is 12.8. The average molecular weight is 372 g/mol. The highest BCUT2D eigenvalue weighted by atomic mass is 16.5. The van der Waals surface area contributed by atoms with E-state index in [-0.39, 0.29) is 24.3 Å². The molecule has 3 aliphatic rings. The molecule has 3 amide bonds. The Balaban J connectivity index is 1.48. The van der Waals surface area contributed by atoms with E-state index in [9.17, 15) is 14.4 Å².